The van der Waals surface area contributed by atoms with Gasteiger partial charge in [0.25, 0.3) is 5.69 Å². The van der Waals surface area contributed by atoms with Crippen LogP contribution in [-0.4, -0.2) is 36.6 Å². The number of rotatable bonds is 3. The summed E-state index contributed by atoms with van der Waals surface area (Å²) in [4.78, 5) is 38.8. The number of nitrogens with one attached hydrogen (secondary N) is 1. The Labute approximate surface area is 198 Å². The predicted octanol–water partition coefficient (Wildman–Crippen LogP) is 4.25. The standard InChI is InChI=1S/C25H21N5O5/c1-14-9-10-16(11-20(14)30(34)35)26-24(32)27-13-17-12-21(27)22-23(31)29(25(33)28(17)22)19-8-4-6-15-5-2-3-7-18(15)19/h2-11,17,21,31H,12-13H2,1H3,(H,26,32)/t17-,21-/m0/s1. The van der Waals surface area contributed by atoms with Crippen molar-refractivity contribution >= 4 is 28.2 Å². The highest BCUT2D eigenvalue weighted by atomic mass is 16.6. The molecule has 10 nitrogen and oxygen atoms in total. The molecule has 1 fully saturated rings. The fourth-order valence-corrected chi connectivity index (χ4v) is 5.37. The van der Waals surface area contributed by atoms with Crippen molar-refractivity contribution in [2.75, 3.05) is 11.9 Å². The summed E-state index contributed by atoms with van der Waals surface area (Å²) in [6, 6.07) is 16.5. The van der Waals surface area contributed by atoms with Crippen molar-refractivity contribution in [2.45, 2.75) is 25.4 Å². The normalized spacial score (nSPS) is 18.1. The number of aromatic nitrogens is 2. The van der Waals surface area contributed by atoms with E-state index in [0.29, 0.717) is 35.6 Å². The number of aromatic hydroxyl groups is 1. The van der Waals surface area contributed by atoms with Crippen molar-refractivity contribution in [1.29, 1.82) is 0 Å². The number of hydrogen-bond donors (Lipinski definition) is 2. The van der Waals surface area contributed by atoms with Crippen LogP contribution in [0, 0.1) is 17.0 Å². The first-order valence-corrected chi connectivity index (χ1v) is 11.2. The second-order valence-corrected chi connectivity index (χ2v) is 8.94. The molecule has 2 atom stereocenters. The van der Waals surface area contributed by atoms with Crippen LogP contribution in [0.15, 0.2) is 65.5 Å². The molecule has 0 aliphatic carbocycles. The number of carbonyl (C=O) groups is 1. The van der Waals surface area contributed by atoms with Crippen LogP contribution in [0.4, 0.5) is 16.2 Å². The third-order valence-electron chi connectivity index (χ3n) is 6.98. The smallest absolute Gasteiger partial charge is 0.336 e. The molecule has 2 amide bonds. The van der Waals surface area contributed by atoms with Crippen molar-refractivity contribution < 1.29 is 14.8 Å². The van der Waals surface area contributed by atoms with E-state index < -0.39 is 17.0 Å². The monoisotopic (exact) mass is 471 g/mol. The first-order chi connectivity index (χ1) is 16.8. The van der Waals surface area contributed by atoms with Gasteiger partial charge in [-0.1, -0.05) is 42.5 Å². The Balaban J connectivity index is 1.35. The number of likely N-dealkylation sites (tertiary alicyclic amines) is 1. The number of fused-ring (bicyclic) bond motifs is 6. The number of nitro benzene ring substituents is 1. The fourth-order valence-electron chi connectivity index (χ4n) is 5.37. The molecule has 2 aliphatic rings. The summed E-state index contributed by atoms with van der Waals surface area (Å²) < 4.78 is 2.89. The van der Waals surface area contributed by atoms with Crippen LogP contribution >= 0.6 is 0 Å². The number of urea groups is 1. The van der Waals surface area contributed by atoms with Crippen molar-refractivity contribution in [3.63, 3.8) is 0 Å². The van der Waals surface area contributed by atoms with Crippen LogP contribution in [0.2, 0.25) is 0 Å². The molecule has 1 saturated heterocycles. The lowest BCUT2D eigenvalue weighted by molar-refractivity contribution is -0.385. The summed E-state index contributed by atoms with van der Waals surface area (Å²) in [7, 11) is 0. The van der Waals surface area contributed by atoms with Gasteiger partial charge < -0.3 is 15.3 Å². The molecule has 4 aromatic rings. The molecule has 6 rings (SSSR count). The number of nitro groups is 1. The lowest BCUT2D eigenvalue weighted by atomic mass is 10.1. The van der Waals surface area contributed by atoms with Crippen LogP contribution in [0.5, 0.6) is 5.88 Å². The SMILES string of the molecule is Cc1ccc(NC(=O)N2C[C@@H]3C[C@H]2c2c(O)n(-c4cccc5ccccc45)c(=O)n23)cc1[N+](=O)[O-]. The van der Waals surface area contributed by atoms with Gasteiger partial charge in [0, 0.05) is 29.2 Å². The van der Waals surface area contributed by atoms with Gasteiger partial charge in [0.15, 0.2) is 0 Å². The van der Waals surface area contributed by atoms with Gasteiger partial charge in [-0.2, -0.15) is 0 Å². The van der Waals surface area contributed by atoms with E-state index in [1.165, 1.54) is 10.6 Å². The Hall–Kier alpha value is -4.60. The highest BCUT2D eigenvalue weighted by molar-refractivity contribution is 5.91. The van der Waals surface area contributed by atoms with Gasteiger partial charge in [0.2, 0.25) is 5.88 Å². The van der Waals surface area contributed by atoms with Gasteiger partial charge in [-0.15, -0.1) is 0 Å². The number of nitrogens with zero attached hydrogens (tertiary/aromatic N) is 4. The molecule has 2 bridgehead atoms. The van der Waals surface area contributed by atoms with E-state index in [4.69, 9.17) is 0 Å². The number of aryl methyl sites for hydroxylation is 1. The second kappa shape index (κ2) is 7.45. The quantitative estimate of drug-likeness (QED) is 0.342. The van der Waals surface area contributed by atoms with Crippen LogP contribution in [0.25, 0.3) is 16.5 Å². The van der Waals surface area contributed by atoms with Gasteiger partial charge >= 0.3 is 11.7 Å². The summed E-state index contributed by atoms with van der Waals surface area (Å²) in [6.07, 6.45) is 0.524. The lowest BCUT2D eigenvalue weighted by Gasteiger charge is -2.27. The Morgan fingerprint density at radius 1 is 1.14 bits per heavy atom. The van der Waals surface area contributed by atoms with Crippen molar-refractivity contribution in [2.24, 2.45) is 0 Å². The molecule has 35 heavy (non-hydrogen) atoms. The average molecular weight is 471 g/mol. The molecular weight excluding hydrogens is 450 g/mol. The minimum atomic E-state index is -0.491. The van der Waals surface area contributed by atoms with E-state index in [2.05, 4.69) is 5.32 Å². The maximum Gasteiger partial charge on any atom is 0.336 e. The maximum absolute atomic E-state index is 13.4. The number of carbonyl (C=O) groups excluding carboxylic acids is 1. The molecule has 10 heteroatoms. The third-order valence-corrected chi connectivity index (χ3v) is 6.98. The molecule has 1 aromatic heterocycles. The molecule has 0 spiro atoms. The fraction of sp³-hybridized carbons (Fsp3) is 0.200. The zero-order valence-corrected chi connectivity index (χ0v) is 18.7. The maximum atomic E-state index is 13.4. The Morgan fingerprint density at radius 2 is 1.91 bits per heavy atom. The van der Waals surface area contributed by atoms with Crippen molar-refractivity contribution in [1.82, 2.24) is 14.0 Å². The molecule has 2 N–H and O–H groups in total. The van der Waals surface area contributed by atoms with Gasteiger partial charge in [0.1, 0.15) is 5.69 Å². The van der Waals surface area contributed by atoms with E-state index in [1.54, 1.807) is 34.6 Å². The minimum Gasteiger partial charge on any atom is -0.493 e. The zero-order chi connectivity index (χ0) is 24.4. The average Bonchev–Trinajstić information content (AvgIpc) is 3.51. The molecule has 0 saturated carbocycles. The van der Waals surface area contributed by atoms with E-state index >= 15 is 0 Å². The van der Waals surface area contributed by atoms with E-state index in [9.17, 15) is 24.8 Å². The topological polar surface area (TPSA) is 123 Å². The summed E-state index contributed by atoms with van der Waals surface area (Å²) in [5.41, 5.74) is 1.38. The van der Waals surface area contributed by atoms with Crippen LogP contribution in [0.3, 0.4) is 0 Å². The number of imidazole rings is 1. The van der Waals surface area contributed by atoms with Gasteiger partial charge in [-0.25, -0.2) is 14.2 Å². The lowest BCUT2D eigenvalue weighted by Crippen LogP contribution is -2.40. The summed E-state index contributed by atoms with van der Waals surface area (Å²) in [5.74, 6) is -0.178. The van der Waals surface area contributed by atoms with Gasteiger partial charge in [0.05, 0.1) is 22.7 Å². The Kier molecular flexibility index (Phi) is 4.47. The van der Waals surface area contributed by atoms with Crippen molar-refractivity contribution in [3.05, 3.63) is 92.5 Å². The summed E-state index contributed by atoms with van der Waals surface area (Å²) in [6.45, 7) is 1.93. The number of hydrogen-bond acceptors (Lipinski definition) is 5. The number of benzene rings is 3. The molecule has 3 heterocycles. The molecule has 2 aliphatic heterocycles. The number of amides is 2. The third kappa shape index (κ3) is 3.03. The molecule has 3 aromatic carbocycles. The molecular formula is C25H21N5O5. The molecule has 0 radical (unpaired) electrons. The first-order valence-electron chi connectivity index (χ1n) is 11.2. The zero-order valence-electron chi connectivity index (χ0n) is 18.7. The largest absolute Gasteiger partial charge is 0.493 e. The second-order valence-electron chi connectivity index (χ2n) is 8.94. The number of anilines is 1. The van der Waals surface area contributed by atoms with Gasteiger partial charge in [-0.05, 0) is 30.9 Å². The highest BCUT2D eigenvalue weighted by Gasteiger charge is 2.49. The molecule has 0 unspecified atom stereocenters. The summed E-state index contributed by atoms with van der Waals surface area (Å²) >= 11 is 0. The van der Waals surface area contributed by atoms with E-state index in [1.807, 2.05) is 36.4 Å². The predicted molar refractivity (Wildman–Crippen MR) is 129 cm³/mol. The van der Waals surface area contributed by atoms with E-state index in [-0.39, 0.29) is 23.3 Å². The molecule has 176 valence electrons. The van der Waals surface area contributed by atoms with Gasteiger partial charge in [-0.3, -0.25) is 14.7 Å². The van der Waals surface area contributed by atoms with E-state index in [0.717, 1.165) is 10.8 Å². The van der Waals surface area contributed by atoms with Crippen LogP contribution in [0.1, 0.15) is 29.8 Å². The summed E-state index contributed by atoms with van der Waals surface area (Å²) in [5, 5.41) is 26.9. The van der Waals surface area contributed by atoms with Crippen LogP contribution < -0.4 is 11.0 Å². The first kappa shape index (κ1) is 21.0. The van der Waals surface area contributed by atoms with Crippen molar-refractivity contribution in [3.8, 4) is 11.6 Å². The minimum absolute atomic E-state index is 0.0793. The highest BCUT2D eigenvalue weighted by Crippen LogP contribution is 2.49. The van der Waals surface area contributed by atoms with Crippen LogP contribution in [-0.2, 0) is 0 Å². The Bertz CT molecular complexity index is 1600. The Morgan fingerprint density at radius 3 is 2.71 bits per heavy atom.